The Morgan fingerprint density at radius 1 is 1.30 bits per heavy atom. The largest absolute Gasteiger partial charge is 0.333 e. The summed E-state index contributed by atoms with van der Waals surface area (Å²) in [6.07, 6.45) is 3.30. The summed E-state index contributed by atoms with van der Waals surface area (Å²) in [5.74, 6) is 0.613. The van der Waals surface area contributed by atoms with Crippen molar-refractivity contribution >= 4 is 9.84 Å². The monoisotopic (exact) mass is 290 g/mol. The zero-order valence-corrected chi connectivity index (χ0v) is 11.5. The van der Waals surface area contributed by atoms with Crippen LogP contribution in [0.4, 0.5) is 0 Å². The molecule has 1 aromatic heterocycles. The molecule has 2 rings (SSSR count). The number of benzene rings is 1. The van der Waals surface area contributed by atoms with E-state index >= 15 is 0 Å². The molecule has 0 spiro atoms. The summed E-state index contributed by atoms with van der Waals surface area (Å²) < 4.78 is 26.1. The second-order valence-electron chi connectivity index (χ2n) is 4.20. The van der Waals surface area contributed by atoms with E-state index in [0.717, 1.165) is 0 Å². The maximum atomic E-state index is 12.2. The molecule has 7 heteroatoms. The van der Waals surface area contributed by atoms with Crippen molar-refractivity contribution in [3.63, 3.8) is 0 Å². The molecule has 2 aromatic rings. The van der Waals surface area contributed by atoms with E-state index in [4.69, 9.17) is 11.0 Å². The van der Waals surface area contributed by atoms with Crippen molar-refractivity contribution in [3.05, 3.63) is 48.0 Å². The molecule has 0 saturated heterocycles. The lowest BCUT2D eigenvalue weighted by Gasteiger charge is -2.07. The Bertz CT molecular complexity index is 726. The highest BCUT2D eigenvalue weighted by atomic mass is 32.2. The minimum Gasteiger partial charge on any atom is -0.333 e. The van der Waals surface area contributed by atoms with Gasteiger partial charge in [0.2, 0.25) is 0 Å². The van der Waals surface area contributed by atoms with Crippen LogP contribution in [0, 0.1) is 11.3 Å². The predicted octanol–water partition coefficient (Wildman–Crippen LogP) is 0.687. The second kappa shape index (κ2) is 5.86. The summed E-state index contributed by atoms with van der Waals surface area (Å²) in [5.41, 5.74) is 5.95. The molecule has 0 bridgehead atoms. The lowest BCUT2D eigenvalue weighted by molar-refractivity contribution is 0.586. The number of nitriles is 1. The van der Waals surface area contributed by atoms with Crippen molar-refractivity contribution in [2.24, 2.45) is 5.73 Å². The van der Waals surface area contributed by atoms with Crippen LogP contribution in [0.2, 0.25) is 0 Å². The van der Waals surface area contributed by atoms with Crippen LogP contribution >= 0.6 is 0 Å². The van der Waals surface area contributed by atoms with Gasteiger partial charge in [0.15, 0.2) is 9.84 Å². The van der Waals surface area contributed by atoms with Crippen LogP contribution in [-0.4, -0.2) is 23.7 Å². The van der Waals surface area contributed by atoms with Crippen LogP contribution in [0.1, 0.15) is 11.4 Å². The summed E-state index contributed by atoms with van der Waals surface area (Å²) >= 11 is 0. The molecule has 0 aliphatic heterocycles. The molecule has 6 nitrogen and oxygen atoms in total. The number of sulfone groups is 1. The SMILES string of the molecule is N#Cc1ccc(S(=O)(=O)CCn2ccnc2CN)cc1. The van der Waals surface area contributed by atoms with Gasteiger partial charge >= 0.3 is 0 Å². The Labute approximate surface area is 117 Å². The van der Waals surface area contributed by atoms with E-state index in [-0.39, 0.29) is 17.2 Å². The number of imidazole rings is 1. The summed E-state index contributed by atoms with van der Waals surface area (Å²) in [6.45, 7) is 0.568. The highest BCUT2D eigenvalue weighted by Gasteiger charge is 2.15. The van der Waals surface area contributed by atoms with E-state index in [1.165, 1.54) is 24.3 Å². The van der Waals surface area contributed by atoms with Crippen molar-refractivity contribution in [1.29, 1.82) is 5.26 Å². The van der Waals surface area contributed by atoms with Gasteiger partial charge < -0.3 is 10.3 Å². The molecule has 0 unspecified atom stereocenters. The normalized spacial score (nSPS) is 11.2. The number of nitrogens with zero attached hydrogens (tertiary/aromatic N) is 3. The number of hydrogen-bond acceptors (Lipinski definition) is 5. The lowest BCUT2D eigenvalue weighted by atomic mass is 10.2. The Hall–Kier alpha value is -2.17. The van der Waals surface area contributed by atoms with E-state index in [1.807, 2.05) is 6.07 Å². The van der Waals surface area contributed by atoms with E-state index < -0.39 is 9.84 Å². The average Bonchev–Trinajstić information content (AvgIpc) is 2.93. The van der Waals surface area contributed by atoms with Gasteiger partial charge in [0.1, 0.15) is 5.82 Å². The van der Waals surface area contributed by atoms with E-state index in [0.29, 0.717) is 17.9 Å². The number of aryl methyl sites for hydroxylation is 1. The van der Waals surface area contributed by atoms with Crippen LogP contribution in [-0.2, 0) is 22.9 Å². The van der Waals surface area contributed by atoms with E-state index in [9.17, 15) is 8.42 Å². The van der Waals surface area contributed by atoms with Gasteiger partial charge in [0, 0.05) is 18.9 Å². The minimum absolute atomic E-state index is 0.0394. The molecule has 0 amide bonds. The molecule has 0 radical (unpaired) electrons. The lowest BCUT2D eigenvalue weighted by Crippen LogP contribution is -2.16. The van der Waals surface area contributed by atoms with Crippen LogP contribution in [0.25, 0.3) is 0 Å². The Morgan fingerprint density at radius 3 is 2.60 bits per heavy atom. The van der Waals surface area contributed by atoms with Crippen molar-refractivity contribution in [2.75, 3.05) is 5.75 Å². The summed E-state index contributed by atoms with van der Waals surface area (Å²) in [5, 5.41) is 8.70. The number of nitrogens with two attached hydrogens (primary N) is 1. The van der Waals surface area contributed by atoms with Crippen LogP contribution in [0.3, 0.4) is 0 Å². The first-order valence-corrected chi connectivity index (χ1v) is 7.65. The van der Waals surface area contributed by atoms with Gasteiger partial charge in [-0.3, -0.25) is 0 Å². The molecule has 0 saturated carbocycles. The zero-order valence-electron chi connectivity index (χ0n) is 10.7. The number of hydrogen-bond donors (Lipinski definition) is 1. The highest BCUT2D eigenvalue weighted by molar-refractivity contribution is 7.91. The smallest absolute Gasteiger partial charge is 0.180 e. The second-order valence-corrected chi connectivity index (χ2v) is 6.31. The molecule has 0 fully saturated rings. The fourth-order valence-electron chi connectivity index (χ4n) is 1.81. The van der Waals surface area contributed by atoms with Gasteiger partial charge in [-0.25, -0.2) is 13.4 Å². The van der Waals surface area contributed by atoms with Crippen molar-refractivity contribution in [2.45, 2.75) is 18.0 Å². The molecular formula is C13H14N4O2S. The van der Waals surface area contributed by atoms with Crippen molar-refractivity contribution in [3.8, 4) is 6.07 Å². The minimum atomic E-state index is -3.39. The summed E-state index contributed by atoms with van der Waals surface area (Å²) in [7, 11) is -3.39. The van der Waals surface area contributed by atoms with Crippen molar-refractivity contribution in [1.82, 2.24) is 9.55 Å². The topological polar surface area (TPSA) is 102 Å². The quantitative estimate of drug-likeness (QED) is 0.872. The van der Waals surface area contributed by atoms with Crippen LogP contribution in [0.5, 0.6) is 0 Å². The Kier molecular flexibility index (Phi) is 4.17. The fraction of sp³-hybridized carbons (Fsp3) is 0.231. The molecule has 0 aliphatic carbocycles. The molecule has 104 valence electrons. The maximum absolute atomic E-state index is 12.2. The maximum Gasteiger partial charge on any atom is 0.180 e. The third-order valence-corrected chi connectivity index (χ3v) is 4.64. The summed E-state index contributed by atoms with van der Waals surface area (Å²) in [4.78, 5) is 4.25. The third-order valence-electron chi connectivity index (χ3n) is 2.93. The average molecular weight is 290 g/mol. The molecule has 0 aliphatic rings. The molecule has 0 atom stereocenters. The third kappa shape index (κ3) is 3.04. The Balaban J connectivity index is 2.13. The molecule has 20 heavy (non-hydrogen) atoms. The van der Waals surface area contributed by atoms with Gasteiger partial charge in [-0.15, -0.1) is 0 Å². The van der Waals surface area contributed by atoms with Crippen molar-refractivity contribution < 1.29 is 8.42 Å². The van der Waals surface area contributed by atoms with E-state index in [1.54, 1.807) is 17.0 Å². The highest BCUT2D eigenvalue weighted by Crippen LogP contribution is 2.13. The van der Waals surface area contributed by atoms with Gasteiger partial charge in [-0.2, -0.15) is 5.26 Å². The predicted molar refractivity (Wildman–Crippen MR) is 73.3 cm³/mol. The molecule has 1 heterocycles. The first kappa shape index (κ1) is 14.2. The zero-order chi connectivity index (χ0) is 14.6. The first-order valence-electron chi connectivity index (χ1n) is 6.00. The summed E-state index contributed by atoms with van der Waals surface area (Å²) in [6, 6.07) is 7.84. The molecule has 1 aromatic carbocycles. The standard InChI is InChI=1S/C13H14N4O2S/c14-9-11-1-3-12(4-2-11)20(18,19)8-7-17-6-5-16-13(17)10-15/h1-6H,7-8,10,15H2. The fourth-order valence-corrected chi connectivity index (χ4v) is 3.03. The molecular weight excluding hydrogens is 276 g/mol. The molecule has 2 N–H and O–H groups in total. The number of aromatic nitrogens is 2. The van der Waals surface area contributed by atoms with Gasteiger partial charge in [-0.1, -0.05) is 0 Å². The van der Waals surface area contributed by atoms with Gasteiger partial charge in [-0.05, 0) is 24.3 Å². The first-order chi connectivity index (χ1) is 9.56. The van der Waals surface area contributed by atoms with E-state index in [2.05, 4.69) is 4.98 Å². The van der Waals surface area contributed by atoms with Crippen LogP contribution < -0.4 is 5.73 Å². The number of rotatable bonds is 5. The van der Waals surface area contributed by atoms with Gasteiger partial charge in [0.25, 0.3) is 0 Å². The van der Waals surface area contributed by atoms with Crippen LogP contribution in [0.15, 0.2) is 41.6 Å². The van der Waals surface area contributed by atoms with Gasteiger partial charge in [0.05, 0.1) is 28.8 Å². The Morgan fingerprint density at radius 2 is 2.00 bits per heavy atom.